The molecule has 15 heavy (non-hydrogen) atoms. The van der Waals surface area contributed by atoms with Crippen molar-refractivity contribution >= 4 is 11.9 Å². The first-order chi connectivity index (χ1) is 7.06. The van der Waals surface area contributed by atoms with E-state index in [-0.39, 0.29) is 12.8 Å². The molecule has 0 bridgehead atoms. The van der Waals surface area contributed by atoms with Crippen molar-refractivity contribution in [3.05, 3.63) is 0 Å². The summed E-state index contributed by atoms with van der Waals surface area (Å²) in [5.41, 5.74) is 0. The molecule has 0 aromatic carbocycles. The van der Waals surface area contributed by atoms with Crippen LogP contribution in [0.5, 0.6) is 0 Å². The Bertz CT molecular complexity index is 202. The lowest BCUT2D eigenvalue weighted by Gasteiger charge is -2.10. The van der Waals surface area contributed by atoms with Gasteiger partial charge in [0, 0.05) is 6.42 Å². The summed E-state index contributed by atoms with van der Waals surface area (Å²) in [4.78, 5) is 21.1. The summed E-state index contributed by atoms with van der Waals surface area (Å²) in [6, 6.07) is 0. The minimum absolute atomic E-state index is 0.194. The Morgan fingerprint density at radius 1 is 1.27 bits per heavy atom. The summed E-state index contributed by atoms with van der Waals surface area (Å²) in [7, 11) is 0. The van der Waals surface area contributed by atoms with Crippen LogP contribution in [0.25, 0.3) is 0 Å². The quantitative estimate of drug-likeness (QED) is 0.364. The second-order valence-electron chi connectivity index (χ2n) is 3.33. The van der Waals surface area contributed by atoms with Gasteiger partial charge in [0.05, 0.1) is 12.8 Å². The molecule has 88 valence electrons. The number of unbranched alkanes of at least 4 members (excludes halogenated alkanes) is 2. The molecule has 0 aliphatic heterocycles. The van der Waals surface area contributed by atoms with Crippen molar-refractivity contribution in [2.24, 2.45) is 0 Å². The average molecular weight is 218 g/mol. The molecule has 0 rings (SSSR count). The molecule has 0 aromatic rings. The van der Waals surface area contributed by atoms with Crippen LogP contribution in [-0.2, 0) is 14.3 Å². The predicted molar refractivity (Wildman–Crippen MR) is 53.1 cm³/mol. The number of hydrogen-bond donors (Lipinski definition) is 2. The number of aliphatic hydroxyl groups excluding tert-OH is 1. The van der Waals surface area contributed by atoms with Crippen molar-refractivity contribution in [2.45, 2.75) is 51.7 Å². The summed E-state index contributed by atoms with van der Waals surface area (Å²) in [5, 5.41) is 17.5. The fourth-order valence-electron chi connectivity index (χ4n) is 1.05. The van der Waals surface area contributed by atoms with Crippen LogP contribution in [-0.4, -0.2) is 28.4 Å². The molecule has 0 saturated carbocycles. The summed E-state index contributed by atoms with van der Waals surface area (Å²) in [6.07, 6.45) is 1.65. The van der Waals surface area contributed by atoms with E-state index in [0.29, 0.717) is 6.42 Å². The standard InChI is InChI=1S/C10H18O5/c1-2-3-4-5-9(13)15-10(14)7-6-8(11)12/h9,13H,2-7H2,1H3,(H,11,12). The van der Waals surface area contributed by atoms with Crippen LogP contribution in [0, 0.1) is 0 Å². The number of aliphatic hydroxyl groups is 1. The average Bonchev–Trinajstić information content (AvgIpc) is 2.15. The third-order valence-electron chi connectivity index (χ3n) is 1.87. The van der Waals surface area contributed by atoms with Gasteiger partial charge in [-0.1, -0.05) is 19.8 Å². The van der Waals surface area contributed by atoms with Gasteiger partial charge in [0.15, 0.2) is 0 Å². The van der Waals surface area contributed by atoms with Crippen LogP contribution < -0.4 is 0 Å². The van der Waals surface area contributed by atoms with E-state index in [1.807, 2.05) is 6.92 Å². The molecule has 2 N–H and O–H groups in total. The zero-order valence-electron chi connectivity index (χ0n) is 8.94. The van der Waals surface area contributed by atoms with Crippen molar-refractivity contribution in [2.75, 3.05) is 0 Å². The number of carbonyl (C=O) groups excluding carboxylic acids is 1. The van der Waals surface area contributed by atoms with E-state index in [2.05, 4.69) is 4.74 Å². The van der Waals surface area contributed by atoms with Crippen LogP contribution in [0.15, 0.2) is 0 Å². The Kier molecular flexibility index (Phi) is 7.62. The van der Waals surface area contributed by atoms with E-state index in [9.17, 15) is 14.7 Å². The molecule has 5 nitrogen and oxygen atoms in total. The summed E-state index contributed by atoms with van der Waals surface area (Å²) >= 11 is 0. The van der Waals surface area contributed by atoms with Gasteiger partial charge in [0.1, 0.15) is 0 Å². The topological polar surface area (TPSA) is 83.8 Å². The Morgan fingerprint density at radius 3 is 2.47 bits per heavy atom. The van der Waals surface area contributed by atoms with Crippen LogP contribution in [0.2, 0.25) is 0 Å². The number of hydrogen-bond acceptors (Lipinski definition) is 4. The molecule has 0 aromatic heterocycles. The number of esters is 1. The van der Waals surface area contributed by atoms with Gasteiger partial charge < -0.3 is 14.9 Å². The molecule has 0 saturated heterocycles. The molecule has 0 heterocycles. The molecule has 0 fully saturated rings. The SMILES string of the molecule is CCCCCC(O)OC(=O)CCC(=O)O. The monoisotopic (exact) mass is 218 g/mol. The van der Waals surface area contributed by atoms with E-state index in [0.717, 1.165) is 19.3 Å². The minimum Gasteiger partial charge on any atom is -0.481 e. The van der Waals surface area contributed by atoms with Crippen molar-refractivity contribution in [3.8, 4) is 0 Å². The Hall–Kier alpha value is -1.10. The summed E-state index contributed by atoms with van der Waals surface area (Å²) in [6.45, 7) is 2.03. The first kappa shape index (κ1) is 13.9. The van der Waals surface area contributed by atoms with E-state index < -0.39 is 18.2 Å². The highest BCUT2D eigenvalue weighted by Crippen LogP contribution is 2.05. The molecule has 5 heteroatoms. The zero-order chi connectivity index (χ0) is 11.7. The maximum absolute atomic E-state index is 10.9. The lowest BCUT2D eigenvalue weighted by molar-refractivity contribution is -0.170. The van der Waals surface area contributed by atoms with Crippen molar-refractivity contribution in [3.63, 3.8) is 0 Å². The van der Waals surface area contributed by atoms with Gasteiger partial charge in [-0.3, -0.25) is 9.59 Å². The number of ether oxygens (including phenoxy) is 1. The highest BCUT2D eigenvalue weighted by molar-refractivity contribution is 5.76. The third kappa shape index (κ3) is 9.21. The van der Waals surface area contributed by atoms with E-state index >= 15 is 0 Å². The summed E-state index contributed by atoms with van der Waals surface area (Å²) < 4.78 is 4.60. The molecule has 0 radical (unpaired) electrons. The van der Waals surface area contributed by atoms with Gasteiger partial charge in [-0.05, 0) is 6.42 Å². The highest BCUT2D eigenvalue weighted by atomic mass is 16.6. The van der Waals surface area contributed by atoms with Crippen LogP contribution in [0.3, 0.4) is 0 Å². The van der Waals surface area contributed by atoms with E-state index in [1.54, 1.807) is 0 Å². The Balaban J connectivity index is 3.53. The molecule has 0 aliphatic carbocycles. The van der Waals surface area contributed by atoms with Gasteiger partial charge >= 0.3 is 11.9 Å². The molecule has 0 spiro atoms. The number of carboxylic acids is 1. The molecule has 0 aliphatic rings. The van der Waals surface area contributed by atoms with Gasteiger partial charge in [-0.2, -0.15) is 0 Å². The fourth-order valence-corrected chi connectivity index (χ4v) is 1.05. The van der Waals surface area contributed by atoms with E-state index in [1.165, 1.54) is 0 Å². The van der Waals surface area contributed by atoms with Crippen molar-refractivity contribution in [1.82, 2.24) is 0 Å². The fraction of sp³-hybridized carbons (Fsp3) is 0.800. The van der Waals surface area contributed by atoms with Gasteiger partial charge in [0.2, 0.25) is 6.29 Å². The smallest absolute Gasteiger partial charge is 0.308 e. The number of carboxylic acid groups (broad SMARTS) is 1. The molecule has 1 atom stereocenters. The lowest BCUT2D eigenvalue weighted by atomic mass is 10.2. The number of aliphatic carboxylic acids is 1. The van der Waals surface area contributed by atoms with Gasteiger partial charge in [-0.25, -0.2) is 0 Å². The van der Waals surface area contributed by atoms with Crippen molar-refractivity contribution in [1.29, 1.82) is 0 Å². The largest absolute Gasteiger partial charge is 0.481 e. The van der Waals surface area contributed by atoms with Gasteiger partial charge in [0.25, 0.3) is 0 Å². The Morgan fingerprint density at radius 2 is 1.93 bits per heavy atom. The highest BCUT2D eigenvalue weighted by Gasteiger charge is 2.11. The maximum Gasteiger partial charge on any atom is 0.308 e. The third-order valence-corrected chi connectivity index (χ3v) is 1.87. The first-order valence-corrected chi connectivity index (χ1v) is 5.15. The van der Waals surface area contributed by atoms with Crippen LogP contribution >= 0.6 is 0 Å². The van der Waals surface area contributed by atoms with Crippen LogP contribution in [0.4, 0.5) is 0 Å². The second kappa shape index (κ2) is 8.23. The molecular formula is C10H18O5. The zero-order valence-corrected chi connectivity index (χ0v) is 8.94. The van der Waals surface area contributed by atoms with E-state index in [4.69, 9.17) is 5.11 Å². The molecular weight excluding hydrogens is 200 g/mol. The Labute approximate surface area is 89.0 Å². The predicted octanol–water partition coefficient (Wildman–Crippen LogP) is 1.29. The lowest BCUT2D eigenvalue weighted by Crippen LogP contribution is -2.18. The first-order valence-electron chi connectivity index (χ1n) is 5.15. The van der Waals surface area contributed by atoms with Crippen LogP contribution in [0.1, 0.15) is 45.4 Å². The molecule has 1 unspecified atom stereocenters. The normalized spacial score (nSPS) is 12.1. The maximum atomic E-state index is 10.9. The number of carbonyl (C=O) groups is 2. The van der Waals surface area contributed by atoms with Crippen molar-refractivity contribution < 1.29 is 24.5 Å². The number of rotatable bonds is 8. The minimum atomic E-state index is -1.10. The molecule has 0 amide bonds. The van der Waals surface area contributed by atoms with Gasteiger partial charge in [-0.15, -0.1) is 0 Å². The second-order valence-corrected chi connectivity index (χ2v) is 3.33. The summed E-state index contributed by atoms with van der Waals surface area (Å²) in [5.74, 6) is -1.71.